The van der Waals surface area contributed by atoms with Crippen LogP contribution >= 0.6 is 0 Å². The van der Waals surface area contributed by atoms with Gasteiger partial charge in [0.05, 0.1) is 12.2 Å². The zero-order valence-corrected chi connectivity index (χ0v) is 14.9. The molecule has 2 aromatic carbocycles. The van der Waals surface area contributed by atoms with E-state index in [4.69, 9.17) is 0 Å². The first-order valence-corrected chi connectivity index (χ1v) is 8.67. The Kier molecular flexibility index (Phi) is 4.53. The van der Waals surface area contributed by atoms with Gasteiger partial charge in [-0.3, -0.25) is 14.6 Å². The van der Waals surface area contributed by atoms with Crippen LogP contribution in [0.15, 0.2) is 73.1 Å². The van der Waals surface area contributed by atoms with Crippen molar-refractivity contribution < 1.29 is 4.79 Å². The van der Waals surface area contributed by atoms with Crippen molar-refractivity contribution >= 4 is 11.6 Å². The number of anilines is 1. The molecule has 0 radical (unpaired) electrons. The maximum atomic E-state index is 12.5. The van der Waals surface area contributed by atoms with Gasteiger partial charge in [-0.15, -0.1) is 0 Å². The number of H-pyrrole nitrogens is 1. The molecular weight excluding hydrogens is 338 g/mol. The lowest BCUT2D eigenvalue weighted by molar-refractivity contribution is 0.102. The number of aromatic nitrogens is 4. The summed E-state index contributed by atoms with van der Waals surface area (Å²) in [6.07, 6.45) is 3.65. The highest BCUT2D eigenvalue weighted by Gasteiger charge is 2.11. The molecule has 0 aliphatic heterocycles. The van der Waals surface area contributed by atoms with Gasteiger partial charge < -0.3 is 5.32 Å². The minimum absolute atomic E-state index is 0.225. The molecule has 6 nitrogen and oxygen atoms in total. The van der Waals surface area contributed by atoms with Gasteiger partial charge >= 0.3 is 0 Å². The molecule has 0 aliphatic rings. The van der Waals surface area contributed by atoms with E-state index in [0.29, 0.717) is 12.2 Å². The highest BCUT2D eigenvalue weighted by Crippen LogP contribution is 2.19. The molecule has 6 heteroatoms. The van der Waals surface area contributed by atoms with Crippen molar-refractivity contribution in [3.8, 4) is 11.3 Å². The Morgan fingerprint density at radius 1 is 1.11 bits per heavy atom. The second-order valence-electron chi connectivity index (χ2n) is 6.39. The number of aryl methyl sites for hydroxylation is 1. The van der Waals surface area contributed by atoms with Gasteiger partial charge in [0.15, 0.2) is 0 Å². The number of amides is 1. The number of carbonyl (C=O) groups excluding carboxylic acids is 1. The van der Waals surface area contributed by atoms with Gasteiger partial charge in [-0.05, 0) is 36.8 Å². The van der Waals surface area contributed by atoms with Crippen LogP contribution in [0.3, 0.4) is 0 Å². The van der Waals surface area contributed by atoms with Gasteiger partial charge in [-0.1, -0.05) is 42.0 Å². The molecular formula is C21H19N5O. The van der Waals surface area contributed by atoms with E-state index in [9.17, 15) is 4.79 Å². The smallest absolute Gasteiger partial charge is 0.273 e. The fraction of sp³-hybridized carbons (Fsp3) is 0.0952. The van der Waals surface area contributed by atoms with Gasteiger partial charge in [0.25, 0.3) is 5.91 Å². The molecule has 134 valence electrons. The molecule has 0 fully saturated rings. The lowest BCUT2D eigenvalue weighted by atomic mass is 10.1. The van der Waals surface area contributed by atoms with Crippen LogP contribution in [-0.2, 0) is 6.54 Å². The number of carbonyl (C=O) groups is 1. The van der Waals surface area contributed by atoms with Crippen LogP contribution < -0.4 is 5.32 Å². The lowest BCUT2D eigenvalue weighted by Crippen LogP contribution is -2.12. The van der Waals surface area contributed by atoms with Crippen molar-refractivity contribution in [2.45, 2.75) is 13.5 Å². The third-order valence-corrected chi connectivity index (χ3v) is 4.26. The van der Waals surface area contributed by atoms with Crippen molar-refractivity contribution in [1.29, 1.82) is 0 Å². The zero-order valence-electron chi connectivity index (χ0n) is 14.9. The van der Waals surface area contributed by atoms with Crippen LogP contribution in [0, 0.1) is 6.92 Å². The molecule has 4 rings (SSSR count). The van der Waals surface area contributed by atoms with Gasteiger partial charge in [-0.2, -0.15) is 10.2 Å². The van der Waals surface area contributed by atoms with Gasteiger partial charge in [0.1, 0.15) is 5.69 Å². The number of nitrogens with one attached hydrogen (secondary N) is 2. The summed E-state index contributed by atoms with van der Waals surface area (Å²) in [6, 6.07) is 19.4. The van der Waals surface area contributed by atoms with Crippen molar-refractivity contribution in [3.05, 3.63) is 89.9 Å². The molecule has 0 bridgehead atoms. The normalized spacial score (nSPS) is 10.7. The molecule has 2 aromatic heterocycles. The fourth-order valence-electron chi connectivity index (χ4n) is 2.84. The quantitative estimate of drug-likeness (QED) is 0.569. The summed E-state index contributed by atoms with van der Waals surface area (Å²) in [4.78, 5) is 12.5. The van der Waals surface area contributed by atoms with Crippen molar-refractivity contribution in [2.24, 2.45) is 0 Å². The van der Waals surface area contributed by atoms with E-state index in [2.05, 4.69) is 20.6 Å². The van der Waals surface area contributed by atoms with E-state index in [1.54, 1.807) is 12.3 Å². The van der Waals surface area contributed by atoms with Crippen molar-refractivity contribution in [2.75, 3.05) is 5.32 Å². The third kappa shape index (κ3) is 3.95. The predicted molar refractivity (Wildman–Crippen MR) is 104 cm³/mol. The van der Waals surface area contributed by atoms with Crippen LogP contribution in [0.2, 0.25) is 0 Å². The molecule has 1 amide bonds. The third-order valence-electron chi connectivity index (χ3n) is 4.26. The fourth-order valence-corrected chi connectivity index (χ4v) is 2.84. The summed E-state index contributed by atoms with van der Waals surface area (Å²) >= 11 is 0. The second-order valence-corrected chi connectivity index (χ2v) is 6.39. The van der Waals surface area contributed by atoms with E-state index >= 15 is 0 Å². The van der Waals surface area contributed by atoms with Gasteiger partial charge in [0, 0.05) is 23.6 Å². The topological polar surface area (TPSA) is 75.6 Å². The average Bonchev–Trinajstić information content (AvgIpc) is 3.35. The molecule has 0 unspecified atom stereocenters. The summed E-state index contributed by atoms with van der Waals surface area (Å²) in [7, 11) is 0. The molecule has 0 spiro atoms. The highest BCUT2D eigenvalue weighted by molar-refractivity contribution is 6.03. The molecule has 0 aliphatic carbocycles. The molecule has 2 heterocycles. The monoisotopic (exact) mass is 357 g/mol. The first-order valence-electron chi connectivity index (χ1n) is 8.67. The maximum absolute atomic E-state index is 12.5. The van der Waals surface area contributed by atoms with Gasteiger partial charge in [0.2, 0.25) is 0 Å². The van der Waals surface area contributed by atoms with Crippen molar-refractivity contribution in [1.82, 2.24) is 20.0 Å². The Balaban J connectivity index is 1.47. The number of hydrogen-bond acceptors (Lipinski definition) is 3. The minimum atomic E-state index is -0.225. The van der Waals surface area contributed by atoms with E-state index in [1.165, 1.54) is 5.56 Å². The average molecular weight is 357 g/mol. The second kappa shape index (κ2) is 7.29. The van der Waals surface area contributed by atoms with Crippen LogP contribution in [0.4, 0.5) is 5.69 Å². The summed E-state index contributed by atoms with van der Waals surface area (Å²) in [5.74, 6) is -0.225. The standard InChI is InChI=1S/C21H19N5O/c1-15-6-8-17(9-7-15)19-13-20(25-24-19)21(27)23-18-5-2-4-16(12-18)14-26-11-3-10-22-26/h2-13H,14H2,1H3,(H,23,27)(H,24,25). The SMILES string of the molecule is Cc1ccc(-c2cc(C(=O)Nc3cccc(Cn4cccn4)c3)[nH]n2)cc1. The number of benzene rings is 2. The first-order chi connectivity index (χ1) is 13.2. The molecule has 0 saturated carbocycles. The Bertz CT molecular complexity index is 1050. The van der Waals surface area contributed by atoms with Crippen LogP contribution in [0.25, 0.3) is 11.3 Å². The van der Waals surface area contributed by atoms with Crippen LogP contribution in [0.1, 0.15) is 21.6 Å². The maximum Gasteiger partial charge on any atom is 0.273 e. The molecule has 27 heavy (non-hydrogen) atoms. The Hall–Kier alpha value is -3.67. The Morgan fingerprint density at radius 2 is 1.96 bits per heavy atom. The number of hydrogen-bond donors (Lipinski definition) is 2. The van der Waals surface area contributed by atoms with E-state index < -0.39 is 0 Å². The molecule has 4 aromatic rings. The van der Waals surface area contributed by atoms with E-state index in [1.807, 2.05) is 72.4 Å². The first kappa shape index (κ1) is 16.8. The molecule has 0 saturated heterocycles. The molecule has 0 atom stereocenters. The zero-order chi connectivity index (χ0) is 18.6. The van der Waals surface area contributed by atoms with Crippen LogP contribution in [0.5, 0.6) is 0 Å². The highest BCUT2D eigenvalue weighted by atomic mass is 16.1. The number of aromatic amines is 1. The molecule has 2 N–H and O–H groups in total. The number of rotatable bonds is 5. The Labute approximate surface area is 156 Å². The summed E-state index contributed by atoms with van der Waals surface area (Å²) < 4.78 is 1.84. The summed E-state index contributed by atoms with van der Waals surface area (Å²) in [5, 5.41) is 14.2. The van der Waals surface area contributed by atoms with Crippen molar-refractivity contribution in [3.63, 3.8) is 0 Å². The number of nitrogens with zero attached hydrogens (tertiary/aromatic N) is 3. The summed E-state index contributed by atoms with van der Waals surface area (Å²) in [6.45, 7) is 2.69. The summed E-state index contributed by atoms with van der Waals surface area (Å²) in [5.41, 5.74) is 5.10. The Morgan fingerprint density at radius 3 is 2.74 bits per heavy atom. The predicted octanol–water partition coefficient (Wildman–Crippen LogP) is 3.88. The minimum Gasteiger partial charge on any atom is -0.321 e. The van der Waals surface area contributed by atoms with Gasteiger partial charge in [-0.25, -0.2) is 0 Å². The van der Waals surface area contributed by atoms with Crippen LogP contribution in [-0.4, -0.2) is 25.9 Å². The van der Waals surface area contributed by atoms with E-state index in [-0.39, 0.29) is 5.91 Å². The van der Waals surface area contributed by atoms with E-state index in [0.717, 1.165) is 22.5 Å². The lowest BCUT2D eigenvalue weighted by Gasteiger charge is -2.07. The largest absolute Gasteiger partial charge is 0.321 e.